The minimum absolute atomic E-state index is 0.0320. The van der Waals surface area contributed by atoms with Crippen molar-refractivity contribution in [3.8, 4) is 11.6 Å². The van der Waals surface area contributed by atoms with Crippen LogP contribution in [0, 0.1) is 17.8 Å². The van der Waals surface area contributed by atoms with E-state index in [4.69, 9.17) is 19.2 Å². The molecule has 8 rings (SSSR count). The van der Waals surface area contributed by atoms with E-state index in [-0.39, 0.29) is 43.2 Å². The number of carbonyl (C=O) groups is 4. The molecule has 1 aromatic heterocycles. The molecule has 6 aliphatic rings. The smallest absolute Gasteiger partial charge is 0.408 e. The lowest BCUT2D eigenvalue weighted by Gasteiger charge is -2.48. The Balaban J connectivity index is 1.15. The summed E-state index contributed by atoms with van der Waals surface area (Å²) in [6, 6.07) is 5.73. The third-order valence-electron chi connectivity index (χ3n) is 14.0. The lowest BCUT2D eigenvalue weighted by molar-refractivity contribution is -0.146. The molecule has 1 aromatic carbocycles. The van der Waals surface area contributed by atoms with Crippen molar-refractivity contribution in [2.75, 3.05) is 13.7 Å². The summed E-state index contributed by atoms with van der Waals surface area (Å²) in [5.41, 5.74) is 0.0827. The molecular weight excluding hydrogens is 763 g/mol. The summed E-state index contributed by atoms with van der Waals surface area (Å²) in [5.74, 6) is -0.803. The zero-order chi connectivity index (χ0) is 40.6. The van der Waals surface area contributed by atoms with Crippen LogP contribution in [-0.4, -0.2) is 90.9 Å². The molecule has 4 aliphatic carbocycles. The molecule has 2 aliphatic heterocycles. The number of nitrogens with one attached hydrogen (secondary N) is 3. The summed E-state index contributed by atoms with van der Waals surface area (Å²) in [4.78, 5) is 63.8. The largest absolute Gasteiger partial charge is 0.496 e. The first-order valence-corrected chi connectivity index (χ1v) is 23.3. The standard InChI is InChI=1S/C43H59N5O9S/c1-3-28-22-23-43(28,41(51)47-58(53,54)30-20-21-30)46-38(49)34-24-29-25-48(34)40(50)36(27-13-7-8-14-27)45-42(52)57-35-19-11-15-26(35)12-5-4-6-17-32-37(55-2)31-16-9-10-18-33(31)44-39(32)56-29/h9-10,16,18,26-30,34-36H,3-8,11-15,17,19-25H2,1-2H3,(H,45,52)(H,46,49)(H,47,51)/t26-,28-,29-,34+,35-,36+,43-/m1/s1. The number of aromatic nitrogens is 1. The monoisotopic (exact) mass is 821 g/mol. The van der Waals surface area contributed by atoms with Crippen molar-refractivity contribution in [1.82, 2.24) is 25.2 Å². The van der Waals surface area contributed by atoms with Gasteiger partial charge in [0.1, 0.15) is 35.6 Å². The second kappa shape index (κ2) is 16.8. The molecule has 1 saturated heterocycles. The van der Waals surface area contributed by atoms with Gasteiger partial charge in [0.25, 0.3) is 5.91 Å². The zero-order valence-electron chi connectivity index (χ0n) is 33.8. The van der Waals surface area contributed by atoms with Crippen LogP contribution < -0.4 is 24.8 Å². The molecule has 316 valence electrons. The molecule has 0 spiro atoms. The summed E-state index contributed by atoms with van der Waals surface area (Å²) >= 11 is 0. The number of rotatable bonds is 8. The first-order valence-electron chi connectivity index (χ1n) is 21.8. The molecule has 15 heteroatoms. The first-order chi connectivity index (χ1) is 28.0. The van der Waals surface area contributed by atoms with Gasteiger partial charge in [0.15, 0.2) is 0 Å². The molecule has 3 N–H and O–H groups in total. The number of nitrogens with zero attached hydrogens (tertiary/aromatic N) is 2. The number of alkyl carbamates (subject to hydrolysis) is 1. The van der Waals surface area contributed by atoms with Crippen LogP contribution in [-0.2, 0) is 35.6 Å². The average Bonchev–Trinajstić information content (AvgIpc) is 3.53. The Labute approximate surface area is 341 Å². The summed E-state index contributed by atoms with van der Waals surface area (Å²) in [7, 11) is -2.23. The van der Waals surface area contributed by atoms with Crippen molar-refractivity contribution in [2.45, 2.75) is 158 Å². The molecule has 2 bridgehead atoms. The topological polar surface area (TPSA) is 182 Å². The summed E-state index contributed by atoms with van der Waals surface area (Å²) in [6.07, 6.45) is 11.5. The van der Waals surface area contributed by atoms with Gasteiger partial charge in [0.2, 0.25) is 27.7 Å². The van der Waals surface area contributed by atoms with Gasteiger partial charge >= 0.3 is 6.09 Å². The predicted molar refractivity (Wildman–Crippen MR) is 215 cm³/mol. The van der Waals surface area contributed by atoms with Crippen LogP contribution in [0.5, 0.6) is 11.6 Å². The van der Waals surface area contributed by atoms with Gasteiger partial charge in [-0.05, 0) is 107 Å². The Morgan fingerprint density at radius 2 is 1.69 bits per heavy atom. The number of sulfonamides is 1. The van der Waals surface area contributed by atoms with E-state index < -0.39 is 62.8 Å². The van der Waals surface area contributed by atoms with Crippen LogP contribution >= 0.6 is 0 Å². The van der Waals surface area contributed by atoms with Crippen LogP contribution in [0.1, 0.15) is 122 Å². The molecule has 7 atom stereocenters. The van der Waals surface area contributed by atoms with Gasteiger partial charge in [0.05, 0.1) is 30.0 Å². The van der Waals surface area contributed by atoms with Gasteiger partial charge in [-0.1, -0.05) is 51.2 Å². The van der Waals surface area contributed by atoms with Gasteiger partial charge in [-0.3, -0.25) is 19.1 Å². The number of pyridine rings is 1. The van der Waals surface area contributed by atoms with E-state index >= 15 is 0 Å². The summed E-state index contributed by atoms with van der Waals surface area (Å²) < 4.78 is 47.1. The van der Waals surface area contributed by atoms with E-state index in [1.807, 2.05) is 31.2 Å². The number of carbonyl (C=O) groups excluding carboxylic acids is 4. The van der Waals surface area contributed by atoms with E-state index in [0.29, 0.717) is 49.3 Å². The van der Waals surface area contributed by atoms with Crippen LogP contribution in [0.2, 0.25) is 0 Å². The highest BCUT2D eigenvalue weighted by molar-refractivity contribution is 7.91. The Hall–Kier alpha value is -4.14. The molecule has 4 saturated carbocycles. The minimum Gasteiger partial charge on any atom is -0.496 e. The van der Waals surface area contributed by atoms with Crippen molar-refractivity contribution < 1.29 is 41.8 Å². The SMILES string of the molecule is CC[C@@H]1CC[C@]1(NC(=O)[C@@H]1C[C@@H]2CN1C(=O)[C@H](C1CCCC1)NC(=O)O[C@@H]1CCC[C@H]1CCCCCc1c(nc3ccccc3c1OC)O2)C(=O)NS(=O)(=O)C1CC1. The summed E-state index contributed by atoms with van der Waals surface area (Å²) in [5, 5.41) is 6.24. The molecule has 14 nitrogen and oxygen atoms in total. The van der Waals surface area contributed by atoms with E-state index in [1.165, 1.54) is 4.90 Å². The van der Waals surface area contributed by atoms with Crippen LogP contribution in [0.4, 0.5) is 4.79 Å². The average molecular weight is 822 g/mol. The first kappa shape index (κ1) is 40.6. The number of fused-ring (bicyclic) bond motifs is 5. The van der Waals surface area contributed by atoms with Crippen molar-refractivity contribution in [3.63, 3.8) is 0 Å². The second-order valence-corrected chi connectivity index (χ2v) is 19.6. The molecule has 5 fully saturated rings. The number of ether oxygens (including phenoxy) is 3. The van der Waals surface area contributed by atoms with E-state index in [9.17, 15) is 27.6 Å². The lowest BCUT2D eigenvalue weighted by Crippen LogP contribution is -2.70. The Morgan fingerprint density at radius 1 is 0.948 bits per heavy atom. The Bertz CT molecular complexity index is 2000. The third-order valence-corrected chi connectivity index (χ3v) is 15.8. The van der Waals surface area contributed by atoms with Crippen molar-refractivity contribution >= 4 is 44.7 Å². The van der Waals surface area contributed by atoms with Crippen LogP contribution in [0.3, 0.4) is 0 Å². The number of para-hydroxylation sites is 1. The highest BCUT2D eigenvalue weighted by Crippen LogP contribution is 2.43. The van der Waals surface area contributed by atoms with E-state index in [1.54, 1.807) is 7.11 Å². The summed E-state index contributed by atoms with van der Waals surface area (Å²) in [6.45, 7) is 1.95. The number of hydrogen-bond donors (Lipinski definition) is 3. The molecule has 58 heavy (non-hydrogen) atoms. The fourth-order valence-electron chi connectivity index (χ4n) is 10.5. The minimum atomic E-state index is -3.88. The molecular formula is C43H59N5O9S. The fourth-order valence-corrected chi connectivity index (χ4v) is 11.9. The highest BCUT2D eigenvalue weighted by atomic mass is 32.2. The third kappa shape index (κ3) is 8.08. The van der Waals surface area contributed by atoms with Gasteiger partial charge in [-0.25, -0.2) is 18.2 Å². The van der Waals surface area contributed by atoms with E-state index in [0.717, 1.165) is 81.6 Å². The molecule has 3 heterocycles. The van der Waals surface area contributed by atoms with Gasteiger partial charge in [0, 0.05) is 11.8 Å². The Morgan fingerprint density at radius 3 is 2.41 bits per heavy atom. The maximum Gasteiger partial charge on any atom is 0.408 e. The zero-order valence-corrected chi connectivity index (χ0v) is 34.7. The fraction of sp³-hybridized carbons (Fsp3) is 0.698. The van der Waals surface area contributed by atoms with Crippen LogP contribution in [0.25, 0.3) is 10.9 Å². The van der Waals surface area contributed by atoms with Crippen molar-refractivity contribution in [3.05, 3.63) is 29.8 Å². The van der Waals surface area contributed by atoms with Gasteiger partial charge in [-0.15, -0.1) is 0 Å². The predicted octanol–water partition coefficient (Wildman–Crippen LogP) is 5.45. The Kier molecular flexibility index (Phi) is 11.8. The number of benzene rings is 1. The van der Waals surface area contributed by atoms with E-state index in [2.05, 4.69) is 15.4 Å². The second-order valence-electron chi connectivity index (χ2n) is 17.6. The maximum atomic E-state index is 15.0. The molecule has 0 unspecified atom stereocenters. The highest BCUT2D eigenvalue weighted by Gasteiger charge is 2.56. The molecule has 4 amide bonds. The van der Waals surface area contributed by atoms with Crippen LogP contribution in [0.15, 0.2) is 24.3 Å². The quantitative estimate of drug-likeness (QED) is 0.310. The molecule has 0 radical (unpaired) electrons. The van der Waals surface area contributed by atoms with Crippen molar-refractivity contribution in [2.24, 2.45) is 17.8 Å². The number of hydrogen-bond acceptors (Lipinski definition) is 10. The van der Waals surface area contributed by atoms with Crippen molar-refractivity contribution in [1.29, 1.82) is 0 Å². The number of amides is 4. The maximum absolute atomic E-state index is 15.0. The lowest BCUT2D eigenvalue weighted by atomic mass is 9.64. The van der Waals surface area contributed by atoms with Gasteiger partial charge in [-0.2, -0.15) is 0 Å². The normalized spacial score (nSPS) is 31.1. The molecule has 2 aromatic rings. The number of methoxy groups -OCH3 is 1. The van der Waals surface area contributed by atoms with Gasteiger partial charge < -0.3 is 29.7 Å².